The standard InChI is InChI=1S/C15H21N3O4/c1-3-18(4-2)15(20)6-5-14(19)17-11-8-13-12(7-10(11)16)21-9-22-13/h7-8H,3-6,9,16H2,1-2H3,(H,17,19). The minimum atomic E-state index is -0.258. The van der Waals surface area contributed by atoms with Gasteiger partial charge in [-0.2, -0.15) is 0 Å². The summed E-state index contributed by atoms with van der Waals surface area (Å²) in [6.45, 7) is 5.26. The number of anilines is 2. The summed E-state index contributed by atoms with van der Waals surface area (Å²) in [7, 11) is 0. The van der Waals surface area contributed by atoms with Gasteiger partial charge in [0.25, 0.3) is 0 Å². The van der Waals surface area contributed by atoms with Crippen LogP contribution in [0.3, 0.4) is 0 Å². The molecule has 1 aromatic carbocycles. The van der Waals surface area contributed by atoms with E-state index in [1.807, 2.05) is 13.8 Å². The first-order valence-electron chi connectivity index (χ1n) is 7.31. The van der Waals surface area contributed by atoms with E-state index >= 15 is 0 Å². The zero-order valence-corrected chi connectivity index (χ0v) is 12.8. The Hall–Kier alpha value is -2.44. The predicted molar refractivity (Wildman–Crippen MR) is 82.8 cm³/mol. The van der Waals surface area contributed by atoms with E-state index in [1.165, 1.54) is 0 Å². The van der Waals surface area contributed by atoms with E-state index in [1.54, 1.807) is 17.0 Å². The Kier molecular flexibility index (Phi) is 5.08. The van der Waals surface area contributed by atoms with Crippen LogP contribution in [0.5, 0.6) is 11.5 Å². The molecule has 0 aromatic heterocycles. The van der Waals surface area contributed by atoms with Gasteiger partial charge in [-0.25, -0.2) is 0 Å². The van der Waals surface area contributed by atoms with Gasteiger partial charge in [-0.1, -0.05) is 0 Å². The monoisotopic (exact) mass is 307 g/mol. The van der Waals surface area contributed by atoms with Gasteiger partial charge in [0.1, 0.15) is 0 Å². The first-order valence-corrected chi connectivity index (χ1v) is 7.31. The minimum absolute atomic E-state index is 0.0289. The molecule has 0 fully saturated rings. The second kappa shape index (κ2) is 7.02. The van der Waals surface area contributed by atoms with Gasteiger partial charge in [-0.05, 0) is 13.8 Å². The van der Waals surface area contributed by atoms with Crippen molar-refractivity contribution >= 4 is 23.2 Å². The molecule has 7 heteroatoms. The first kappa shape index (κ1) is 15.9. The Morgan fingerprint density at radius 1 is 1.18 bits per heavy atom. The lowest BCUT2D eigenvalue weighted by Crippen LogP contribution is -2.31. The van der Waals surface area contributed by atoms with Crippen LogP contribution in [0.15, 0.2) is 12.1 Å². The number of benzene rings is 1. The second-order valence-electron chi connectivity index (χ2n) is 4.91. The van der Waals surface area contributed by atoms with Crippen LogP contribution >= 0.6 is 0 Å². The molecule has 0 unspecified atom stereocenters. The summed E-state index contributed by atoms with van der Waals surface area (Å²) in [5.74, 6) is 0.820. The summed E-state index contributed by atoms with van der Waals surface area (Å²) in [5, 5.41) is 2.70. The van der Waals surface area contributed by atoms with E-state index in [2.05, 4.69) is 5.32 Å². The van der Waals surface area contributed by atoms with Gasteiger partial charge in [0.2, 0.25) is 18.6 Å². The maximum absolute atomic E-state index is 12.0. The number of ether oxygens (including phenoxy) is 2. The molecule has 1 aliphatic heterocycles. The van der Waals surface area contributed by atoms with Gasteiger partial charge in [0.05, 0.1) is 11.4 Å². The number of hydrogen-bond acceptors (Lipinski definition) is 5. The van der Waals surface area contributed by atoms with Crippen LogP contribution in [0.2, 0.25) is 0 Å². The number of nitrogens with zero attached hydrogens (tertiary/aromatic N) is 1. The fourth-order valence-corrected chi connectivity index (χ4v) is 2.23. The predicted octanol–water partition coefficient (Wildman–Crippen LogP) is 1.58. The van der Waals surface area contributed by atoms with Crippen LogP contribution < -0.4 is 20.5 Å². The van der Waals surface area contributed by atoms with Crippen molar-refractivity contribution in [2.45, 2.75) is 26.7 Å². The van der Waals surface area contributed by atoms with Crippen molar-refractivity contribution in [3.8, 4) is 11.5 Å². The molecule has 1 aromatic rings. The van der Waals surface area contributed by atoms with Gasteiger partial charge < -0.3 is 25.4 Å². The summed E-state index contributed by atoms with van der Waals surface area (Å²) in [4.78, 5) is 25.5. The molecule has 0 aliphatic carbocycles. The molecule has 3 N–H and O–H groups in total. The molecule has 0 atom stereocenters. The molecule has 1 aliphatic rings. The molecule has 0 radical (unpaired) electrons. The van der Waals surface area contributed by atoms with Crippen LogP contribution in [-0.2, 0) is 9.59 Å². The molecule has 120 valence electrons. The van der Waals surface area contributed by atoms with Crippen LogP contribution in [-0.4, -0.2) is 36.6 Å². The summed E-state index contributed by atoms with van der Waals surface area (Å²) in [5.41, 5.74) is 6.72. The SMILES string of the molecule is CCN(CC)C(=O)CCC(=O)Nc1cc2c(cc1N)OCO2. The summed E-state index contributed by atoms with van der Waals surface area (Å²) in [6.07, 6.45) is 0.293. The highest BCUT2D eigenvalue weighted by Gasteiger charge is 2.18. The molecule has 2 rings (SSSR count). The minimum Gasteiger partial charge on any atom is -0.454 e. The Morgan fingerprint density at radius 3 is 2.45 bits per heavy atom. The first-order chi connectivity index (χ1) is 10.5. The van der Waals surface area contributed by atoms with Crippen molar-refractivity contribution in [1.29, 1.82) is 0 Å². The van der Waals surface area contributed by atoms with Crippen molar-refractivity contribution in [1.82, 2.24) is 4.90 Å². The third-order valence-corrected chi connectivity index (χ3v) is 3.50. The smallest absolute Gasteiger partial charge is 0.231 e. The number of fused-ring (bicyclic) bond motifs is 1. The fraction of sp³-hybridized carbons (Fsp3) is 0.467. The topological polar surface area (TPSA) is 93.9 Å². The summed E-state index contributed by atoms with van der Waals surface area (Å²) >= 11 is 0. The number of nitrogen functional groups attached to an aromatic ring is 1. The van der Waals surface area contributed by atoms with E-state index in [0.29, 0.717) is 36.0 Å². The zero-order chi connectivity index (χ0) is 16.1. The number of nitrogens with one attached hydrogen (secondary N) is 1. The lowest BCUT2D eigenvalue weighted by Gasteiger charge is -2.18. The second-order valence-corrected chi connectivity index (χ2v) is 4.91. The van der Waals surface area contributed by atoms with Gasteiger partial charge in [0.15, 0.2) is 11.5 Å². The number of carbonyl (C=O) groups excluding carboxylic acids is 2. The van der Waals surface area contributed by atoms with Crippen molar-refractivity contribution < 1.29 is 19.1 Å². The zero-order valence-electron chi connectivity index (χ0n) is 12.8. The van der Waals surface area contributed by atoms with E-state index in [0.717, 1.165) is 0 Å². The lowest BCUT2D eigenvalue weighted by atomic mass is 10.2. The van der Waals surface area contributed by atoms with Crippen molar-refractivity contribution in [3.63, 3.8) is 0 Å². The Bertz CT molecular complexity index is 570. The number of rotatable bonds is 6. The third-order valence-electron chi connectivity index (χ3n) is 3.50. The number of amides is 2. The molecular formula is C15H21N3O4. The van der Waals surface area contributed by atoms with Crippen molar-refractivity contribution in [2.75, 3.05) is 30.9 Å². The normalized spacial score (nSPS) is 12.1. The molecule has 0 saturated heterocycles. The molecule has 1 heterocycles. The summed E-state index contributed by atoms with van der Waals surface area (Å²) < 4.78 is 10.4. The molecule has 0 bridgehead atoms. The Balaban J connectivity index is 1.91. The van der Waals surface area contributed by atoms with Crippen LogP contribution in [0, 0.1) is 0 Å². The van der Waals surface area contributed by atoms with Gasteiger partial charge in [-0.15, -0.1) is 0 Å². The van der Waals surface area contributed by atoms with Gasteiger partial charge in [0, 0.05) is 38.1 Å². The van der Waals surface area contributed by atoms with Crippen molar-refractivity contribution in [2.24, 2.45) is 0 Å². The molecular weight excluding hydrogens is 286 g/mol. The van der Waals surface area contributed by atoms with E-state index < -0.39 is 0 Å². The maximum atomic E-state index is 12.0. The van der Waals surface area contributed by atoms with Gasteiger partial charge >= 0.3 is 0 Å². The van der Waals surface area contributed by atoms with Gasteiger partial charge in [-0.3, -0.25) is 9.59 Å². The maximum Gasteiger partial charge on any atom is 0.231 e. The molecule has 0 spiro atoms. The quantitative estimate of drug-likeness (QED) is 0.778. The lowest BCUT2D eigenvalue weighted by molar-refractivity contribution is -0.132. The molecule has 7 nitrogen and oxygen atoms in total. The number of carbonyl (C=O) groups is 2. The highest BCUT2D eigenvalue weighted by atomic mass is 16.7. The molecule has 2 amide bonds. The number of hydrogen-bond donors (Lipinski definition) is 2. The van der Waals surface area contributed by atoms with E-state index in [-0.39, 0.29) is 31.4 Å². The van der Waals surface area contributed by atoms with E-state index in [4.69, 9.17) is 15.2 Å². The number of nitrogens with two attached hydrogens (primary N) is 1. The average Bonchev–Trinajstić information content (AvgIpc) is 2.94. The Morgan fingerprint density at radius 2 is 1.82 bits per heavy atom. The van der Waals surface area contributed by atoms with Crippen LogP contribution in [0.4, 0.5) is 11.4 Å². The Labute approximate surface area is 129 Å². The third kappa shape index (κ3) is 3.60. The average molecular weight is 307 g/mol. The molecule has 0 saturated carbocycles. The molecule has 22 heavy (non-hydrogen) atoms. The highest BCUT2D eigenvalue weighted by Crippen LogP contribution is 2.38. The van der Waals surface area contributed by atoms with E-state index in [9.17, 15) is 9.59 Å². The van der Waals surface area contributed by atoms with Crippen LogP contribution in [0.1, 0.15) is 26.7 Å². The fourth-order valence-electron chi connectivity index (χ4n) is 2.23. The highest BCUT2D eigenvalue weighted by molar-refractivity contribution is 5.96. The summed E-state index contributed by atoms with van der Waals surface area (Å²) in [6, 6.07) is 3.24. The van der Waals surface area contributed by atoms with Crippen molar-refractivity contribution in [3.05, 3.63) is 12.1 Å². The largest absolute Gasteiger partial charge is 0.454 e. The van der Waals surface area contributed by atoms with Crippen LogP contribution in [0.25, 0.3) is 0 Å².